The summed E-state index contributed by atoms with van der Waals surface area (Å²) in [7, 11) is 0. The summed E-state index contributed by atoms with van der Waals surface area (Å²) < 4.78 is 11.6. The van der Waals surface area contributed by atoms with Crippen molar-refractivity contribution in [2.24, 2.45) is 5.92 Å². The average Bonchev–Trinajstić information content (AvgIpc) is 3.42. The van der Waals surface area contributed by atoms with Gasteiger partial charge in [-0.05, 0) is 61.3 Å². The van der Waals surface area contributed by atoms with E-state index in [1.54, 1.807) is 0 Å². The Morgan fingerprint density at radius 1 is 0.722 bits per heavy atom. The molecule has 1 fully saturated rings. The topological polar surface area (TPSA) is 48.2 Å². The fourth-order valence-electron chi connectivity index (χ4n) is 5.35. The van der Waals surface area contributed by atoms with Gasteiger partial charge >= 0.3 is 0 Å². The Morgan fingerprint density at radius 3 is 2.00 bits per heavy atom. The molecule has 0 N–H and O–H groups in total. The Bertz CT molecular complexity index is 1000. The van der Waals surface area contributed by atoms with Gasteiger partial charge in [0.25, 0.3) is 0 Å². The predicted molar refractivity (Wildman–Crippen MR) is 148 cm³/mol. The molecule has 0 bridgehead atoms. The summed E-state index contributed by atoms with van der Waals surface area (Å²) in [6, 6.07) is 16.8. The maximum atomic E-state index is 5.88. The number of aromatic nitrogens is 2. The van der Waals surface area contributed by atoms with Crippen LogP contribution >= 0.6 is 0 Å². The molecule has 0 saturated heterocycles. The Hall–Kier alpha value is -2.62. The van der Waals surface area contributed by atoms with E-state index in [2.05, 4.69) is 67.5 Å². The number of unbranched alkanes of at least 4 members (excludes halogenated alkanes) is 6. The lowest BCUT2D eigenvalue weighted by Crippen LogP contribution is -2.13. The summed E-state index contributed by atoms with van der Waals surface area (Å²) in [5, 5.41) is 4.31. The van der Waals surface area contributed by atoms with Gasteiger partial charge in [0.05, 0.1) is 6.61 Å². The zero-order valence-corrected chi connectivity index (χ0v) is 22.4. The molecule has 0 unspecified atom stereocenters. The van der Waals surface area contributed by atoms with Crippen molar-refractivity contribution in [3.05, 3.63) is 54.4 Å². The molecule has 1 aromatic heterocycles. The van der Waals surface area contributed by atoms with Crippen LogP contribution in [0.5, 0.6) is 5.75 Å². The molecule has 0 atom stereocenters. The molecule has 0 radical (unpaired) electrons. The van der Waals surface area contributed by atoms with Gasteiger partial charge in [-0.1, -0.05) is 107 Å². The van der Waals surface area contributed by atoms with E-state index in [0.717, 1.165) is 36.1 Å². The van der Waals surface area contributed by atoms with Crippen molar-refractivity contribution >= 4 is 0 Å². The minimum Gasteiger partial charge on any atom is -0.494 e. The monoisotopic (exact) mass is 488 g/mol. The average molecular weight is 489 g/mol. The SMILES string of the molecule is CCCCCCOc1ccc(-c2ccc(-c3noc(C4CCC(CCCCCC)CC4)n3)cc2)cc1. The lowest BCUT2D eigenvalue weighted by molar-refractivity contribution is 0.259. The first-order valence-electron chi connectivity index (χ1n) is 14.4. The third-order valence-electron chi connectivity index (χ3n) is 7.70. The highest BCUT2D eigenvalue weighted by molar-refractivity contribution is 5.68. The molecule has 0 spiro atoms. The van der Waals surface area contributed by atoms with Crippen molar-refractivity contribution in [2.45, 2.75) is 103 Å². The standard InChI is InChI=1S/C32H44N2O2/c1-3-5-7-9-11-25-12-14-29(15-13-25)32-33-31(34-36-32)28-18-16-26(17-19-28)27-20-22-30(23-21-27)35-24-10-8-6-4-2/h16-23,25,29H,3-15,24H2,1-2H3. The highest BCUT2D eigenvalue weighted by Crippen LogP contribution is 2.37. The second kappa shape index (κ2) is 14.2. The van der Waals surface area contributed by atoms with Crippen molar-refractivity contribution < 1.29 is 9.26 Å². The second-order valence-electron chi connectivity index (χ2n) is 10.5. The van der Waals surface area contributed by atoms with Crippen LogP contribution in [0.3, 0.4) is 0 Å². The molecule has 4 heteroatoms. The Kier molecular flexibility index (Phi) is 10.4. The molecular weight excluding hydrogens is 444 g/mol. The predicted octanol–water partition coefficient (Wildman–Crippen LogP) is 9.61. The third kappa shape index (κ3) is 7.69. The number of benzene rings is 2. The van der Waals surface area contributed by atoms with Gasteiger partial charge in [0.15, 0.2) is 0 Å². The van der Waals surface area contributed by atoms with Crippen molar-refractivity contribution in [2.75, 3.05) is 6.61 Å². The van der Waals surface area contributed by atoms with Gasteiger partial charge in [-0.2, -0.15) is 4.98 Å². The van der Waals surface area contributed by atoms with Gasteiger partial charge in [0.1, 0.15) is 5.75 Å². The number of rotatable bonds is 14. The highest BCUT2D eigenvalue weighted by atomic mass is 16.5. The van der Waals surface area contributed by atoms with Crippen LogP contribution in [-0.4, -0.2) is 16.7 Å². The second-order valence-corrected chi connectivity index (χ2v) is 10.5. The van der Waals surface area contributed by atoms with E-state index < -0.39 is 0 Å². The molecule has 0 aliphatic heterocycles. The first-order chi connectivity index (χ1) is 17.8. The molecule has 3 aromatic rings. The summed E-state index contributed by atoms with van der Waals surface area (Å²) in [5.74, 6) is 3.77. The van der Waals surface area contributed by atoms with Crippen molar-refractivity contribution in [1.29, 1.82) is 0 Å². The van der Waals surface area contributed by atoms with Crippen molar-refractivity contribution in [3.63, 3.8) is 0 Å². The summed E-state index contributed by atoms with van der Waals surface area (Å²) in [6.45, 7) is 5.30. The van der Waals surface area contributed by atoms with Crippen molar-refractivity contribution in [1.82, 2.24) is 10.1 Å². The minimum absolute atomic E-state index is 0.421. The maximum Gasteiger partial charge on any atom is 0.230 e. The molecule has 1 aliphatic rings. The number of hydrogen-bond acceptors (Lipinski definition) is 4. The number of nitrogens with zero attached hydrogens (tertiary/aromatic N) is 2. The Morgan fingerprint density at radius 2 is 1.33 bits per heavy atom. The quantitative estimate of drug-likeness (QED) is 0.212. The van der Waals surface area contributed by atoms with E-state index in [9.17, 15) is 0 Å². The molecule has 1 heterocycles. The van der Waals surface area contributed by atoms with Crippen LogP contribution in [0.1, 0.15) is 109 Å². The van der Waals surface area contributed by atoms with Crippen LogP contribution in [0.15, 0.2) is 53.1 Å². The molecule has 0 amide bonds. The largest absolute Gasteiger partial charge is 0.494 e. The van der Waals surface area contributed by atoms with Gasteiger partial charge in [-0.15, -0.1) is 0 Å². The number of hydrogen-bond donors (Lipinski definition) is 0. The third-order valence-corrected chi connectivity index (χ3v) is 7.70. The normalized spacial score (nSPS) is 17.8. The van der Waals surface area contributed by atoms with Crippen LogP contribution in [0.4, 0.5) is 0 Å². The summed E-state index contributed by atoms with van der Waals surface area (Å²) in [4.78, 5) is 4.78. The highest BCUT2D eigenvalue weighted by Gasteiger charge is 2.26. The van der Waals surface area contributed by atoms with Gasteiger partial charge in [0, 0.05) is 11.5 Å². The van der Waals surface area contributed by atoms with Gasteiger partial charge in [-0.25, -0.2) is 0 Å². The van der Waals surface area contributed by atoms with Crippen LogP contribution in [0.25, 0.3) is 22.5 Å². The van der Waals surface area contributed by atoms with E-state index in [1.165, 1.54) is 88.2 Å². The Balaban J connectivity index is 1.27. The van der Waals surface area contributed by atoms with Crippen LogP contribution in [-0.2, 0) is 0 Å². The minimum atomic E-state index is 0.421. The summed E-state index contributed by atoms with van der Waals surface area (Å²) in [5.41, 5.74) is 3.36. The fraction of sp³-hybridized carbons (Fsp3) is 0.562. The zero-order valence-electron chi connectivity index (χ0n) is 22.4. The molecular formula is C32H44N2O2. The summed E-state index contributed by atoms with van der Waals surface area (Å²) in [6.07, 6.45) is 16.7. The van der Waals surface area contributed by atoms with E-state index in [1.807, 2.05) is 0 Å². The number of ether oxygens (including phenoxy) is 1. The van der Waals surface area contributed by atoms with Crippen LogP contribution < -0.4 is 4.74 Å². The van der Waals surface area contributed by atoms with Crippen LogP contribution in [0, 0.1) is 5.92 Å². The molecule has 4 rings (SSSR count). The first-order valence-corrected chi connectivity index (χ1v) is 14.4. The van der Waals surface area contributed by atoms with Gasteiger partial charge < -0.3 is 9.26 Å². The van der Waals surface area contributed by atoms with Crippen LogP contribution in [0.2, 0.25) is 0 Å². The molecule has 194 valence electrons. The van der Waals surface area contributed by atoms with E-state index in [-0.39, 0.29) is 0 Å². The zero-order chi connectivity index (χ0) is 25.0. The maximum absolute atomic E-state index is 5.88. The summed E-state index contributed by atoms with van der Waals surface area (Å²) >= 11 is 0. The molecule has 4 nitrogen and oxygen atoms in total. The molecule has 2 aromatic carbocycles. The van der Waals surface area contributed by atoms with Crippen molar-refractivity contribution in [3.8, 4) is 28.3 Å². The first kappa shape index (κ1) is 26.4. The molecule has 1 saturated carbocycles. The Labute approximate surface area is 217 Å². The lowest BCUT2D eigenvalue weighted by atomic mass is 9.79. The lowest BCUT2D eigenvalue weighted by Gasteiger charge is -2.26. The molecule has 1 aliphatic carbocycles. The van der Waals surface area contributed by atoms with E-state index >= 15 is 0 Å². The van der Waals surface area contributed by atoms with E-state index in [4.69, 9.17) is 14.2 Å². The van der Waals surface area contributed by atoms with Gasteiger partial charge in [-0.3, -0.25) is 0 Å². The fourth-order valence-corrected chi connectivity index (χ4v) is 5.35. The van der Waals surface area contributed by atoms with E-state index in [0.29, 0.717) is 11.7 Å². The molecule has 36 heavy (non-hydrogen) atoms. The smallest absolute Gasteiger partial charge is 0.230 e. The van der Waals surface area contributed by atoms with Gasteiger partial charge in [0.2, 0.25) is 11.7 Å².